The van der Waals surface area contributed by atoms with E-state index in [1.165, 1.54) is 0 Å². The maximum absolute atomic E-state index is 12.1. The van der Waals surface area contributed by atoms with Gasteiger partial charge in [-0.3, -0.25) is 4.79 Å². The first-order chi connectivity index (χ1) is 11.9. The minimum absolute atomic E-state index is 0.330. The Labute approximate surface area is 142 Å². The molecule has 7 nitrogen and oxygen atoms in total. The number of H-pyrrole nitrogens is 1. The van der Waals surface area contributed by atoms with Crippen LogP contribution in [0, 0.1) is 11.3 Å². The summed E-state index contributed by atoms with van der Waals surface area (Å²) in [5, 5.41) is 29.4. The van der Waals surface area contributed by atoms with Crippen molar-refractivity contribution in [1.82, 2.24) is 9.55 Å². The number of carboxylic acids is 1. The lowest BCUT2D eigenvalue weighted by molar-refractivity contribution is 0.0691. The van der Waals surface area contributed by atoms with Gasteiger partial charge in [-0.25, -0.2) is 4.79 Å². The maximum Gasteiger partial charge on any atom is 0.345 e. The topological polar surface area (TPSA) is 119 Å². The average molecular weight is 337 g/mol. The molecule has 0 bridgehead atoms. The molecule has 0 spiro atoms. The van der Waals surface area contributed by atoms with E-state index in [2.05, 4.69) is 11.1 Å². The number of pyridine rings is 1. The van der Waals surface area contributed by atoms with E-state index in [0.29, 0.717) is 34.2 Å². The van der Waals surface area contributed by atoms with Crippen molar-refractivity contribution in [3.63, 3.8) is 0 Å². The maximum atomic E-state index is 12.1. The zero-order valence-corrected chi connectivity index (χ0v) is 13.6. The van der Waals surface area contributed by atoms with Crippen molar-refractivity contribution in [3.8, 4) is 23.1 Å². The average Bonchev–Trinajstić information content (AvgIpc) is 2.89. The highest BCUT2D eigenvalue weighted by Gasteiger charge is 2.22. The Morgan fingerprint density at radius 2 is 2.12 bits per heavy atom. The summed E-state index contributed by atoms with van der Waals surface area (Å²) >= 11 is 0. The second-order valence-electron chi connectivity index (χ2n) is 5.69. The zero-order valence-electron chi connectivity index (χ0n) is 13.6. The minimum atomic E-state index is -1.48. The number of nitrogens with one attached hydrogen (secondary N) is 1. The molecule has 2 heterocycles. The number of aryl methyl sites for hydroxylation is 1. The number of rotatable bonds is 3. The molecule has 1 aromatic carbocycles. The van der Waals surface area contributed by atoms with Crippen LogP contribution in [0.25, 0.3) is 22.2 Å². The van der Waals surface area contributed by atoms with E-state index in [1.807, 2.05) is 17.7 Å². The number of nitriles is 1. The van der Waals surface area contributed by atoms with Crippen LogP contribution < -0.4 is 5.56 Å². The highest BCUT2D eigenvalue weighted by atomic mass is 16.4. The number of nitrogens with zero attached hydrogens (tertiary/aromatic N) is 2. The summed E-state index contributed by atoms with van der Waals surface area (Å²) in [6.07, 6.45) is 2.04. The van der Waals surface area contributed by atoms with Gasteiger partial charge in [0.05, 0.1) is 11.3 Å². The summed E-state index contributed by atoms with van der Waals surface area (Å²) in [5.41, 5.74) is 1.09. The van der Waals surface area contributed by atoms with Crippen molar-refractivity contribution >= 4 is 16.9 Å². The van der Waals surface area contributed by atoms with E-state index in [1.54, 1.807) is 25.3 Å². The number of carbonyl (C=O) groups is 1. The van der Waals surface area contributed by atoms with E-state index in [-0.39, 0.29) is 0 Å². The molecule has 3 aromatic rings. The van der Waals surface area contributed by atoms with Crippen LogP contribution in [0.5, 0.6) is 5.75 Å². The molecular formula is C18H15N3O4. The second kappa shape index (κ2) is 5.83. The molecule has 0 amide bonds. The van der Waals surface area contributed by atoms with Gasteiger partial charge < -0.3 is 19.8 Å². The quantitative estimate of drug-likeness (QED) is 0.678. The third-order valence-electron chi connectivity index (χ3n) is 4.26. The first-order valence-electron chi connectivity index (χ1n) is 7.60. The molecule has 25 heavy (non-hydrogen) atoms. The Kier molecular flexibility index (Phi) is 3.81. The predicted octanol–water partition coefficient (Wildman–Crippen LogP) is 2.37. The fourth-order valence-corrected chi connectivity index (χ4v) is 3.05. The summed E-state index contributed by atoms with van der Waals surface area (Å²) in [6, 6.07) is 7.44. The molecule has 0 unspecified atom stereocenters. The van der Waals surface area contributed by atoms with Crippen molar-refractivity contribution < 1.29 is 15.0 Å². The van der Waals surface area contributed by atoms with E-state index >= 15 is 0 Å². The summed E-state index contributed by atoms with van der Waals surface area (Å²) in [7, 11) is 1.83. The SMILES string of the molecule is CCc1c(-c2ccc3c(c2)c(C#N)cn3C)[nH]c(=O)c(C(=O)O)c1O. The largest absolute Gasteiger partial charge is 0.506 e. The van der Waals surface area contributed by atoms with Gasteiger partial charge in [-0.15, -0.1) is 0 Å². The normalized spacial score (nSPS) is 10.8. The van der Waals surface area contributed by atoms with Crippen LogP contribution >= 0.6 is 0 Å². The number of aromatic hydroxyl groups is 1. The molecular weight excluding hydrogens is 322 g/mol. The molecule has 126 valence electrons. The Hall–Kier alpha value is -3.53. The van der Waals surface area contributed by atoms with Crippen LogP contribution in [0.2, 0.25) is 0 Å². The van der Waals surface area contributed by atoms with Gasteiger partial charge in [-0.2, -0.15) is 5.26 Å². The molecule has 0 atom stereocenters. The van der Waals surface area contributed by atoms with Gasteiger partial charge in [0.2, 0.25) is 0 Å². The molecule has 0 radical (unpaired) electrons. The van der Waals surface area contributed by atoms with Crippen molar-refractivity contribution in [2.75, 3.05) is 0 Å². The van der Waals surface area contributed by atoms with Gasteiger partial charge in [-0.05, 0) is 24.1 Å². The molecule has 0 saturated carbocycles. The molecule has 0 aliphatic rings. The Morgan fingerprint density at radius 3 is 2.72 bits per heavy atom. The van der Waals surface area contributed by atoms with Gasteiger partial charge in [-0.1, -0.05) is 13.0 Å². The summed E-state index contributed by atoms with van der Waals surface area (Å²) in [6.45, 7) is 1.75. The number of benzene rings is 1. The highest BCUT2D eigenvalue weighted by Crippen LogP contribution is 2.32. The van der Waals surface area contributed by atoms with Crippen molar-refractivity contribution in [3.05, 3.63) is 51.4 Å². The summed E-state index contributed by atoms with van der Waals surface area (Å²) in [5.74, 6) is -2.01. The van der Waals surface area contributed by atoms with Crippen LogP contribution in [0.1, 0.15) is 28.4 Å². The van der Waals surface area contributed by atoms with Gasteiger partial charge in [0.25, 0.3) is 5.56 Å². The molecule has 3 rings (SSSR count). The summed E-state index contributed by atoms with van der Waals surface area (Å²) in [4.78, 5) is 25.8. The predicted molar refractivity (Wildman–Crippen MR) is 91.7 cm³/mol. The van der Waals surface area contributed by atoms with Crippen LogP contribution in [0.3, 0.4) is 0 Å². The van der Waals surface area contributed by atoms with Crippen molar-refractivity contribution in [1.29, 1.82) is 5.26 Å². The molecule has 3 N–H and O–H groups in total. The van der Waals surface area contributed by atoms with Gasteiger partial charge >= 0.3 is 5.97 Å². The van der Waals surface area contributed by atoms with Crippen LogP contribution in [-0.4, -0.2) is 25.7 Å². The highest BCUT2D eigenvalue weighted by molar-refractivity contribution is 5.93. The standard InChI is InChI=1S/C18H15N3O4/c1-3-11-15(20-17(23)14(16(11)22)18(24)25)9-4-5-13-12(6-9)10(7-19)8-21(13)2/h4-6,8H,3H2,1-2H3,(H,24,25)(H2,20,22,23). The number of aromatic nitrogens is 2. The number of aromatic amines is 1. The molecule has 7 heteroatoms. The van der Waals surface area contributed by atoms with Gasteiger partial charge in [0.15, 0.2) is 5.56 Å². The van der Waals surface area contributed by atoms with E-state index < -0.39 is 22.8 Å². The fraction of sp³-hybridized carbons (Fsp3) is 0.167. The molecule has 2 aromatic heterocycles. The minimum Gasteiger partial charge on any atom is -0.506 e. The second-order valence-corrected chi connectivity index (χ2v) is 5.69. The molecule has 0 aliphatic heterocycles. The Morgan fingerprint density at radius 1 is 1.40 bits per heavy atom. The van der Waals surface area contributed by atoms with E-state index in [4.69, 9.17) is 5.11 Å². The van der Waals surface area contributed by atoms with Crippen LogP contribution in [0.15, 0.2) is 29.2 Å². The van der Waals surface area contributed by atoms with E-state index in [0.717, 1.165) is 5.52 Å². The zero-order chi connectivity index (χ0) is 18.3. The van der Waals surface area contributed by atoms with Crippen molar-refractivity contribution in [2.24, 2.45) is 7.05 Å². The Bertz CT molecular complexity index is 1120. The van der Waals surface area contributed by atoms with Crippen LogP contribution in [-0.2, 0) is 13.5 Å². The number of hydrogen-bond donors (Lipinski definition) is 3. The van der Waals surface area contributed by atoms with Gasteiger partial charge in [0.1, 0.15) is 11.8 Å². The third-order valence-corrected chi connectivity index (χ3v) is 4.26. The first-order valence-corrected chi connectivity index (χ1v) is 7.60. The third kappa shape index (κ3) is 2.44. The van der Waals surface area contributed by atoms with E-state index in [9.17, 15) is 20.0 Å². The number of aromatic carboxylic acids is 1. The molecule has 0 saturated heterocycles. The smallest absolute Gasteiger partial charge is 0.345 e. The summed E-state index contributed by atoms with van der Waals surface area (Å²) < 4.78 is 1.83. The first kappa shape index (κ1) is 16.3. The lowest BCUT2D eigenvalue weighted by Gasteiger charge is -2.12. The Balaban J connectivity index is 2.34. The number of hydrogen-bond acceptors (Lipinski definition) is 4. The number of fused-ring (bicyclic) bond motifs is 1. The molecule has 0 aliphatic carbocycles. The van der Waals surface area contributed by atoms with Crippen LogP contribution in [0.4, 0.5) is 0 Å². The fourth-order valence-electron chi connectivity index (χ4n) is 3.05. The monoisotopic (exact) mass is 337 g/mol. The lowest BCUT2D eigenvalue weighted by Crippen LogP contribution is -2.20. The molecule has 0 fully saturated rings. The van der Waals surface area contributed by atoms with Gasteiger partial charge in [0, 0.05) is 29.7 Å². The lowest BCUT2D eigenvalue weighted by atomic mass is 9.99. The van der Waals surface area contributed by atoms with Crippen molar-refractivity contribution in [2.45, 2.75) is 13.3 Å². The number of carboxylic acid groups (broad SMARTS) is 1.